The fourth-order valence-electron chi connectivity index (χ4n) is 2.72. The van der Waals surface area contributed by atoms with E-state index >= 15 is 0 Å². The van der Waals surface area contributed by atoms with Crippen LogP contribution in [0.3, 0.4) is 0 Å². The van der Waals surface area contributed by atoms with Crippen molar-refractivity contribution in [1.29, 1.82) is 0 Å². The summed E-state index contributed by atoms with van der Waals surface area (Å²) >= 11 is 0. The highest BCUT2D eigenvalue weighted by Crippen LogP contribution is 2.32. The number of carboxylic acids is 1. The molecule has 1 fully saturated rings. The van der Waals surface area contributed by atoms with E-state index in [-0.39, 0.29) is 6.03 Å². The summed E-state index contributed by atoms with van der Waals surface area (Å²) in [7, 11) is 0. The molecule has 1 aliphatic heterocycles. The van der Waals surface area contributed by atoms with Crippen LogP contribution in [-0.2, 0) is 4.79 Å². The topological polar surface area (TPSA) is 69.6 Å². The Kier molecular flexibility index (Phi) is 5.63. The summed E-state index contributed by atoms with van der Waals surface area (Å²) in [6.45, 7) is 7.28. The first-order chi connectivity index (χ1) is 8.94. The Balaban J connectivity index is 2.53. The first-order valence-electron chi connectivity index (χ1n) is 7.23. The van der Waals surface area contributed by atoms with Gasteiger partial charge in [-0.3, -0.25) is 0 Å². The highest BCUT2D eigenvalue weighted by Gasteiger charge is 2.48. The summed E-state index contributed by atoms with van der Waals surface area (Å²) in [4.78, 5) is 25.1. The molecule has 1 aliphatic rings. The van der Waals surface area contributed by atoms with E-state index < -0.39 is 11.5 Å². The number of nitrogens with one attached hydrogen (secondary N) is 1. The van der Waals surface area contributed by atoms with Crippen molar-refractivity contribution in [3.63, 3.8) is 0 Å². The van der Waals surface area contributed by atoms with Gasteiger partial charge in [-0.1, -0.05) is 20.8 Å². The summed E-state index contributed by atoms with van der Waals surface area (Å²) in [5, 5.41) is 12.3. The first-order valence-corrected chi connectivity index (χ1v) is 7.23. The summed E-state index contributed by atoms with van der Waals surface area (Å²) in [5.74, 6) is -0.262. The lowest BCUT2D eigenvalue weighted by molar-refractivity contribution is -0.148. The van der Waals surface area contributed by atoms with Crippen LogP contribution in [0.25, 0.3) is 0 Å². The van der Waals surface area contributed by atoms with Gasteiger partial charge in [-0.05, 0) is 38.0 Å². The van der Waals surface area contributed by atoms with Crippen molar-refractivity contribution >= 4 is 12.0 Å². The molecule has 2 amide bonds. The zero-order chi connectivity index (χ0) is 14.5. The van der Waals surface area contributed by atoms with Crippen LogP contribution in [0.4, 0.5) is 4.79 Å². The Bertz CT molecular complexity index is 331. The molecule has 5 heteroatoms. The number of likely N-dealkylation sites (tertiary alicyclic amines) is 1. The lowest BCUT2D eigenvalue weighted by atomic mass is 9.93. The lowest BCUT2D eigenvalue weighted by Gasteiger charge is -2.33. The van der Waals surface area contributed by atoms with Gasteiger partial charge in [0.1, 0.15) is 5.54 Å². The Morgan fingerprint density at radius 1 is 1.42 bits per heavy atom. The van der Waals surface area contributed by atoms with Gasteiger partial charge < -0.3 is 15.3 Å². The van der Waals surface area contributed by atoms with Crippen molar-refractivity contribution in [1.82, 2.24) is 10.2 Å². The largest absolute Gasteiger partial charge is 0.479 e. The van der Waals surface area contributed by atoms with E-state index in [1.54, 1.807) is 0 Å². The van der Waals surface area contributed by atoms with Gasteiger partial charge >= 0.3 is 12.0 Å². The highest BCUT2D eigenvalue weighted by atomic mass is 16.4. The minimum Gasteiger partial charge on any atom is -0.479 e. The SMILES string of the molecule is CCC1(C(=O)O)CCCN1C(=O)NCCCC(C)C. The zero-order valence-corrected chi connectivity index (χ0v) is 12.2. The van der Waals surface area contributed by atoms with Crippen LogP contribution >= 0.6 is 0 Å². The van der Waals surface area contributed by atoms with Crippen molar-refractivity contribution in [3.05, 3.63) is 0 Å². The third-order valence-corrected chi connectivity index (χ3v) is 3.95. The molecular formula is C14H26N2O3. The second-order valence-corrected chi connectivity index (χ2v) is 5.71. The van der Waals surface area contributed by atoms with Crippen LogP contribution in [0.15, 0.2) is 0 Å². The van der Waals surface area contributed by atoms with Crippen molar-refractivity contribution in [3.8, 4) is 0 Å². The molecule has 0 spiro atoms. The molecule has 0 bridgehead atoms. The number of nitrogens with zero attached hydrogens (tertiary/aromatic N) is 1. The molecule has 1 heterocycles. The monoisotopic (exact) mass is 270 g/mol. The molecule has 19 heavy (non-hydrogen) atoms. The number of rotatable bonds is 6. The van der Waals surface area contributed by atoms with Crippen LogP contribution in [0.5, 0.6) is 0 Å². The Hall–Kier alpha value is -1.26. The zero-order valence-electron chi connectivity index (χ0n) is 12.2. The maximum absolute atomic E-state index is 12.1. The summed E-state index contributed by atoms with van der Waals surface area (Å²) in [5.41, 5.74) is -0.998. The van der Waals surface area contributed by atoms with E-state index in [9.17, 15) is 14.7 Å². The molecule has 1 atom stereocenters. The molecule has 0 saturated carbocycles. The van der Waals surface area contributed by atoms with Gasteiger partial charge in [-0.15, -0.1) is 0 Å². The Morgan fingerprint density at radius 2 is 2.11 bits per heavy atom. The molecule has 0 aliphatic carbocycles. The minimum atomic E-state index is -0.998. The van der Waals surface area contributed by atoms with Crippen LogP contribution in [-0.4, -0.2) is 40.6 Å². The quantitative estimate of drug-likeness (QED) is 0.728. The predicted octanol–water partition coefficient (Wildman–Crippen LogP) is 2.46. The van der Waals surface area contributed by atoms with Crippen molar-refractivity contribution < 1.29 is 14.7 Å². The van der Waals surface area contributed by atoms with Crippen LogP contribution in [0, 0.1) is 5.92 Å². The minimum absolute atomic E-state index is 0.231. The molecule has 1 rings (SSSR count). The van der Waals surface area contributed by atoms with E-state index in [0.717, 1.165) is 19.3 Å². The van der Waals surface area contributed by atoms with Gasteiger partial charge in [-0.25, -0.2) is 9.59 Å². The number of carbonyl (C=O) groups excluding carboxylic acids is 1. The second kappa shape index (κ2) is 6.78. The smallest absolute Gasteiger partial charge is 0.329 e. The number of urea groups is 1. The molecular weight excluding hydrogens is 244 g/mol. The van der Waals surface area contributed by atoms with E-state index in [1.165, 1.54) is 4.90 Å². The Morgan fingerprint density at radius 3 is 2.63 bits per heavy atom. The third-order valence-electron chi connectivity index (χ3n) is 3.95. The predicted molar refractivity (Wildman–Crippen MR) is 74.1 cm³/mol. The maximum Gasteiger partial charge on any atom is 0.329 e. The number of aliphatic carboxylic acids is 1. The van der Waals surface area contributed by atoms with E-state index in [4.69, 9.17) is 0 Å². The molecule has 5 nitrogen and oxygen atoms in total. The highest BCUT2D eigenvalue weighted by molar-refractivity contribution is 5.87. The van der Waals surface area contributed by atoms with E-state index in [0.29, 0.717) is 31.8 Å². The summed E-state index contributed by atoms with van der Waals surface area (Å²) in [6, 6.07) is -0.231. The van der Waals surface area contributed by atoms with Crippen molar-refractivity contribution in [2.75, 3.05) is 13.1 Å². The molecule has 0 aromatic carbocycles. The standard InChI is InChI=1S/C14H26N2O3/c1-4-14(12(17)18)8-6-10-16(14)13(19)15-9-5-7-11(2)3/h11H,4-10H2,1-3H3,(H,15,19)(H,17,18). The molecule has 1 saturated heterocycles. The van der Waals surface area contributed by atoms with Crippen LogP contribution < -0.4 is 5.32 Å². The molecule has 0 radical (unpaired) electrons. The Labute approximate surface area is 115 Å². The molecule has 110 valence electrons. The van der Waals surface area contributed by atoms with Gasteiger partial charge in [0.2, 0.25) is 0 Å². The van der Waals surface area contributed by atoms with Crippen LogP contribution in [0.2, 0.25) is 0 Å². The van der Waals surface area contributed by atoms with Gasteiger partial charge in [0.15, 0.2) is 0 Å². The second-order valence-electron chi connectivity index (χ2n) is 5.71. The van der Waals surface area contributed by atoms with E-state index in [2.05, 4.69) is 19.2 Å². The average Bonchev–Trinajstić information content (AvgIpc) is 2.79. The average molecular weight is 270 g/mol. The third kappa shape index (κ3) is 3.61. The number of hydrogen-bond donors (Lipinski definition) is 2. The summed E-state index contributed by atoms with van der Waals surface area (Å²) < 4.78 is 0. The molecule has 0 aromatic rings. The van der Waals surface area contributed by atoms with Crippen LogP contribution in [0.1, 0.15) is 52.9 Å². The normalized spacial score (nSPS) is 22.8. The van der Waals surface area contributed by atoms with Crippen molar-refractivity contribution in [2.24, 2.45) is 5.92 Å². The van der Waals surface area contributed by atoms with Gasteiger partial charge in [0.25, 0.3) is 0 Å². The molecule has 2 N–H and O–H groups in total. The van der Waals surface area contributed by atoms with Gasteiger partial charge in [0, 0.05) is 13.1 Å². The number of amides is 2. The fraction of sp³-hybridized carbons (Fsp3) is 0.857. The van der Waals surface area contributed by atoms with E-state index in [1.807, 2.05) is 6.92 Å². The number of carbonyl (C=O) groups is 2. The maximum atomic E-state index is 12.1. The molecule has 0 aromatic heterocycles. The summed E-state index contributed by atoms with van der Waals surface area (Å²) in [6.07, 6.45) is 3.78. The lowest BCUT2D eigenvalue weighted by Crippen LogP contribution is -2.55. The number of carboxylic acid groups (broad SMARTS) is 1. The first kappa shape index (κ1) is 15.8. The van der Waals surface area contributed by atoms with Crippen molar-refractivity contribution in [2.45, 2.75) is 58.4 Å². The fourth-order valence-corrected chi connectivity index (χ4v) is 2.72. The van der Waals surface area contributed by atoms with Gasteiger partial charge in [-0.2, -0.15) is 0 Å². The number of hydrogen-bond acceptors (Lipinski definition) is 2. The van der Waals surface area contributed by atoms with Gasteiger partial charge in [0.05, 0.1) is 0 Å². The molecule has 1 unspecified atom stereocenters.